The van der Waals surface area contributed by atoms with Crippen LogP contribution in [-0.4, -0.2) is 21.6 Å². The first-order chi connectivity index (χ1) is 10.2. The van der Waals surface area contributed by atoms with Crippen molar-refractivity contribution in [1.82, 2.24) is 15.0 Å². The Morgan fingerprint density at radius 3 is 2.90 bits per heavy atom. The van der Waals surface area contributed by atoms with Crippen LogP contribution in [0.25, 0.3) is 11.4 Å². The van der Waals surface area contributed by atoms with Gasteiger partial charge in [-0.1, -0.05) is 13.0 Å². The van der Waals surface area contributed by atoms with E-state index < -0.39 is 0 Å². The second kappa shape index (κ2) is 6.83. The van der Waals surface area contributed by atoms with Crippen LogP contribution >= 0.6 is 0 Å². The fourth-order valence-corrected chi connectivity index (χ4v) is 1.86. The molecule has 0 saturated heterocycles. The molecule has 0 aliphatic rings. The number of aryl methyl sites for hydroxylation is 1. The van der Waals surface area contributed by atoms with Gasteiger partial charge in [-0.05, 0) is 37.5 Å². The van der Waals surface area contributed by atoms with Crippen LogP contribution in [0.1, 0.15) is 24.6 Å². The van der Waals surface area contributed by atoms with E-state index >= 15 is 0 Å². The van der Waals surface area contributed by atoms with Gasteiger partial charge in [0.05, 0.1) is 18.0 Å². The molecule has 0 aliphatic heterocycles. The van der Waals surface area contributed by atoms with Crippen LogP contribution in [0.3, 0.4) is 0 Å². The predicted octanol–water partition coefficient (Wildman–Crippen LogP) is 2.96. The van der Waals surface area contributed by atoms with Crippen molar-refractivity contribution in [1.29, 1.82) is 0 Å². The minimum atomic E-state index is 0.290. The Hall–Kier alpha value is -2.43. The van der Waals surface area contributed by atoms with E-state index in [0.29, 0.717) is 24.0 Å². The van der Waals surface area contributed by atoms with E-state index in [0.717, 1.165) is 23.4 Å². The molecule has 5 nitrogen and oxygen atoms in total. The van der Waals surface area contributed by atoms with Crippen molar-refractivity contribution < 1.29 is 4.74 Å². The minimum absolute atomic E-state index is 0.290. The lowest BCUT2D eigenvalue weighted by molar-refractivity contribution is 0.313. The smallest absolute Gasteiger partial charge is 0.257 e. The third kappa shape index (κ3) is 3.56. The highest BCUT2D eigenvalue weighted by Crippen LogP contribution is 2.25. The van der Waals surface area contributed by atoms with Crippen LogP contribution in [0, 0.1) is 13.3 Å². The molecule has 5 heteroatoms. The average molecular weight is 283 g/mol. The number of hydrogen-bond acceptors (Lipinski definition) is 5. The van der Waals surface area contributed by atoms with E-state index in [2.05, 4.69) is 21.5 Å². The summed E-state index contributed by atoms with van der Waals surface area (Å²) in [6, 6.07) is 3.89. The molecular weight excluding hydrogens is 264 g/mol. The standard InChI is InChI=1S/C16H19N4O/c1-4-6-9-21-16-15(17)19-11(3)14(20-16)13-10-12(5-2)7-8-18-13/h4-5,7-8,10H,1,6,9H2,2-3H3,(H2,17,19). The number of rotatable bonds is 6. The zero-order valence-electron chi connectivity index (χ0n) is 12.3. The molecule has 2 heterocycles. The van der Waals surface area contributed by atoms with Crippen molar-refractivity contribution in [2.24, 2.45) is 0 Å². The minimum Gasteiger partial charge on any atom is -0.475 e. The Morgan fingerprint density at radius 2 is 2.19 bits per heavy atom. The van der Waals surface area contributed by atoms with Gasteiger partial charge in [0.25, 0.3) is 5.88 Å². The van der Waals surface area contributed by atoms with Crippen molar-refractivity contribution in [2.45, 2.75) is 20.3 Å². The van der Waals surface area contributed by atoms with Crippen molar-refractivity contribution in [2.75, 3.05) is 12.3 Å². The Morgan fingerprint density at radius 1 is 1.38 bits per heavy atom. The molecule has 21 heavy (non-hydrogen) atoms. The molecule has 0 fully saturated rings. The van der Waals surface area contributed by atoms with Crippen molar-refractivity contribution >= 4 is 5.82 Å². The van der Waals surface area contributed by atoms with Gasteiger partial charge in [0.15, 0.2) is 5.82 Å². The van der Waals surface area contributed by atoms with E-state index in [1.165, 1.54) is 0 Å². The summed E-state index contributed by atoms with van der Waals surface area (Å²) in [6.07, 6.45) is 6.26. The Kier molecular flexibility index (Phi) is 4.87. The Bertz CT molecular complexity index is 640. The van der Waals surface area contributed by atoms with Crippen LogP contribution in [-0.2, 0) is 0 Å². The summed E-state index contributed by atoms with van der Waals surface area (Å²) in [7, 11) is 0. The molecule has 109 valence electrons. The second-order valence-corrected chi connectivity index (χ2v) is 4.54. The van der Waals surface area contributed by atoms with Gasteiger partial charge in [-0.15, -0.1) is 6.58 Å². The molecule has 0 bridgehead atoms. The molecule has 0 saturated carbocycles. The highest BCUT2D eigenvalue weighted by atomic mass is 16.5. The van der Waals surface area contributed by atoms with E-state index in [4.69, 9.17) is 10.5 Å². The van der Waals surface area contributed by atoms with Gasteiger partial charge in [-0.3, -0.25) is 4.98 Å². The molecule has 0 amide bonds. The topological polar surface area (TPSA) is 73.9 Å². The van der Waals surface area contributed by atoms with Gasteiger partial charge in [-0.25, -0.2) is 9.97 Å². The highest BCUT2D eigenvalue weighted by molar-refractivity contribution is 5.61. The number of anilines is 1. The van der Waals surface area contributed by atoms with E-state index in [-0.39, 0.29) is 0 Å². The number of aromatic nitrogens is 3. The Labute approximate surface area is 124 Å². The fraction of sp³-hybridized carbons (Fsp3) is 0.250. The summed E-state index contributed by atoms with van der Waals surface area (Å²) in [5.74, 6) is 0.628. The first kappa shape index (κ1) is 15.0. The predicted molar refractivity (Wildman–Crippen MR) is 83.8 cm³/mol. The summed E-state index contributed by atoms with van der Waals surface area (Å²) >= 11 is 0. The largest absolute Gasteiger partial charge is 0.475 e. The number of nitrogens with zero attached hydrogens (tertiary/aromatic N) is 3. The molecular formula is C16H19N4O. The molecule has 2 aromatic heterocycles. The summed E-state index contributed by atoms with van der Waals surface area (Å²) in [4.78, 5) is 13.1. The summed E-state index contributed by atoms with van der Waals surface area (Å²) in [5, 5.41) is 0. The zero-order valence-corrected chi connectivity index (χ0v) is 12.3. The van der Waals surface area contributed by atoms with Gasteiger partial charge in [0.2, 0.25) is 0 Å². The number of nitrogen functional groups attached to an aromatic ring is 1. The van der Waals surface area contributed by atoms with Gasteiger partial charge in [0, 0.05) is 6.20 Å². The van der Waals surface area contributed by atoms with Crippen molar-refractivity contribution in [3.63, 3.8) is 0 Å². The van der Waals surface area contributed by atoms with Crippen LogP contribution in [0.15, 0.2) is 31.0 Å². The van der Waals surface area contributed by atoms with Crippen LogP contribution < -0.4 is 10.5 Å². The third-order valence-electron chi connectivity index (χ3n) is 2.98. The molecule has 0 spiro atoms. The quantitative estimate of drug-likeness (QED) is 0.651. The summed E-state index contributed by atoms with van der Waals surface area (Å²) in [5.41, 5.74) is 9.09. The second-order valence-electron chi connectivity index (χ2n) is 4.54. The lowest BCUT2D eigenvalue weighted by Crippen LogP contribution is -2.06. The van der Waals surface area contributed by atoms with Gasteiger partial charge < -0.3 is 10.5 Å². The normalized spacial score (nSPS) is 10.4. The maximum Gasteiger partial charge on any atom is 0.257 e. The number of hydrogen-bond donors (Lipinski definition) is 1. The Balaban J connectivity index is 2.37. The van der Waals surface area contributed by atoms with Crippen LogP contribution in [0.5, 0.6) is 5.88 Å². The first-order valence-corrected chi connectivity index (χ1v) is 6.79. The van der Waals surface area contributed by atoms with Gasteiger partial charge in [0.1, 0.15) is 5.69 Å². The molecule has 2 aromatic rings. The molecule has 2 N–H and O–H groups in total. The van der Waals surface area contributed by atoms with Crippen LogP contribution in [0.2, 0.25) is 0 Å². The molecule has 0 atom stereocenters. The number of nitrogens with two attached hydrogens (primary N) is 1. The SMILES string of the molecule is C=CCCOc1nc(-c2cc([CH]C)ccn2)c(C)nc1N. The van der Waals surface area contributed by atoms with Gasteiger partial charge in [-0.2, -0.15) is 0 Å². The fourth-order valence-electron chi connectivity index (χ4n) is 1.86. The highest BCUT2D eigenvalue weighted by Gasteiger charge is 2.13. The average Bonchev–Trinajstić information content (AvgIpc) is 2.49. The molecule has 0 unspecified atom stereocenters. The van der Waals surface area contributed by atoms with Crippen molar-refractivity contribution in [3.05, 3.63) is 48.7 Å². The number of ether oxygens (including phenoxy) is 1. The zero-order chi connectivity index (χ0) is 15.2. The third-order valence-corrected chi connectivity index (χ3v) is 2.98. The first-order valence-electron chi connectivity index (χ1n) is 6.79. The molecule has 1 radical (unpaired) electrons. The van der Waals surface area contributed by atoms with E-state index in [1.807, 2.05) is 32.4 Å². The maximum atomic E-state index is 5.86. The van der Waals surface area contributed by atoms with Crippen molar-refractivity contribution in [3.8, 4) is 17.3 Å². The lowest BCUT2D eigenvalue weighted by atomic mass is 10.1. The number of pyridine rings is 1. The summed E-state index contributed by atoms with van der Waals surface area (Å²) in [6.45, 7) is 7.96. The van der Waals surface area contributed by atoms with E-state index in [1.54, 1.807) is 12.3 Å². The van der Waals surface area contributed by atoms with Gasteiger partial charge >= 0.3 is 0 Å². The molecule has 0 aliphatic carbocycles. The molecule has 2 rings (SSSR count). The lowest BCUT2D eigenvalue weighted by Gasteiger charge is -2.11. The maximum absolute atomic E-state index is 5.86. The molecule has 0 aromatic carbocycles. The van der Waals surface area contributed by atoms with Crippen LogP contribution in [0.4, 0.5) is 5.82 Å². The van der Waals surface area contributed by atoms with E-state index in [9.17, 15) is 0 Å². The monoisotopic (exact) mass is 283 g/mol. The summed E-state index contributed by atoms with van der Waals surface area (Å²) < 4.78 is 5.55.